The molecule has 6 nitrogen and oxygen atoms in total. The van der Waals surface area contributed by atoms with E-state index in [1.165, 1.54) is 11.3 Å². The van der Waals surface area contributed by atoms with Crippen LogP contribution < -0.4 is 11.3 Å². The maximum Gasteiger partial charge on any atom is 0.272 e. The molecule has 0 radical (unpaired) electrons. The van der Waals surface area contributed by atoms with E-state index in [-0.39, 0.29) is 11.5 Å². The smallest absolute Gasteiger partial charge is 0.272 e. The summed E-state index contributed by atoms with van der Waals surface area (Å²) in [4.78, 5) is 29.8. The van der Waals surface area contributed by atoms with Gasteiger partial charge in [0.25, 0.3) is 11.5 Å². The molecule has 0 aliphatic carbocycles. The zero-order chi connectivity index (χ0) is 23.6. The predicted octanol–water partition coefficient (Wildman–Crippen LogP) is 4.08. The zero-order valence-corrected chi connectivity index (χ0v) is 20.2. The van der Waals surface area contributed by atoms with Gasteiger partial charge in [-0.2, -0.15) is 0 Å². The molecule has 4 rings (SSSR count). The van der Waals surface area contributed by atoms with E-state index in [2.05, 4.69) is 29.2 Å². The van der Waals surface area contributed by atoms with Crippen molar-refractivity contribution in [2.24, 2.45) is 5.73 Å². The average Bonchev–Trinajstić information content (AvgIpc) is 3.19. The van der Waals surface area contributed by atoms with Gasteiger partial charge < -0.3 is 10.2 Å². The van der Waals surface area contributed by atoms with Crippen LogP contribution in [0, 0.1) is 0 Å². The maximum atomic E-state index is 13.0. The molecule has 0 saturated heterocycles. The first kappa shape index (κ1) is 23.2. The first-order chi connectivity index (χ1) is 15.7. The highest BCUT2D eigenvalue weighted by Gasteiger charge is 2.18. The number of carbonyl (C=O) groups excluding carboxylic acids is 1. The number of quaternary nitrogens is 1. The van der Waals surface area contributed by atoms with E-state index in [4.69, 9.17) is 17.3 Å². The lowest BCUT2D eigenvalue weighted by Gasteiger charge is -2.28. The summed E-state index contributed by atoms with van der Waals surface area (Å²) in [6, 6.07) is 17.8. The molecule has 8 heteroatoms. The molecule has 0 spiro atoms. The number of benzene rings is 2. The lowest BCUT2D eigenvalue weighted by molar-refractivity contribution is -0.895. The number of aromatic nitrogens is 2. The van der Waals surface area contributed by atoms with Crippen LogP contribution in [0.25, 0.3) is 20.7 Å². The molecule has 2 N–H and O–H groups in total. The number of amides is 1. The van der Waals surface area contributed by atoms with Crippen molar-refractivity contribution >= 4 is 39.1 Å². The molecule has 4 aromatic rings. The highest BCUT2D eigenvalue weighted by Crippen LogP contribution is 2.31. The van der Waals surface area contributed by atoms with Gasteiger partial charge in [-0.25, -0.2) is 4.98 Å². The normalized spacial score (nSPS) is 11.7. The molecule has 0 unspecified atom stereocenters. The van der Waals surface area contributed by atoms with Gasteiger partial charge in [-0.1, -0.05) is 48.0 Å². The average molecular weight is 482 g/mol. The molecular weight excluding hydrogens is 456 g/mol. The van der Waals surface area contributed by atoms with Gasteiger partial charge in [-0.3, -0.25) is 14.2 Å². The number of carbonyl (C=O) groups is 1. The summed E-state index contributed by atoms with van der Waals surface area (Å²) in [6.45, 7) is 1.57. The minimum Gasteiger partial charge on any atom is -0.365 e. The second-order valence-electron chi connectivity index (χ2n) is 8.86. The van der Waals surface area contributed by atoms with E-state index in [0.717, 1.165) is 34.5 Å². The predicted molar refractivity (Wildman–Crippen MR) is 134 cm³/mol. The summed E-state index contributed by atoms with van der Waals surface area (Å²) in [5, 5.41) is 0.682. The second kappa shape index (κ2) is 9.47. The summed E-state index contributed by atoms with van der Waals surface area (Å²) in [7, 11) is 3.97. The number of nitrogens with zero attached hydrogens (tertiary/aromatic N) is 3. The van der Waals surface area contributed by atoms with Crippen LogP contribution in [0.15, 0.2) is 65.7 Å². The summed E-state index contributed by atoms with van der Waals surface area (Å²) in [5.74, 6) is -0.307. The Hall–Kier alpha value is -3.00. The van der Waals surface area contributed by atoms with Crippen molar-refractivity contribution in [1.82, 2.24) is 9.55 Å². The molecular formula is C25H26ClN4O2S+. The molecule has 0 fully saturated rings. The summed E-state index contributed by atoms with van der Waals surface area (Å²) in [5.41, 5.74) is 9.33. The molecule has 1 amide bonds. The Morgan fingerprint density at radius 3 is 2.42 bits per heavy atom. The van der Waals surface area contributed by atoms with Crippen LogP contribution in [0.4, 0.5) is 0 Å². The van der Waals surface area contributed by atoms with Crippen molar-refractivity contribution in [3.63, 3.8) is 0 Å². The van der Waals surface area contributed by atoms with Gasteiger partial charge in [-0.05, 0) is 35.7 Å². The zero-order valence-electron chi connectivity index (χ0n) is 18.6. The molecule has 0 bridgehead atoms. The van der Waals surface area contributed by atoms with Gasteiger partial charge in [0.2, 0.25) is 0 Å². The number of thiophene rings is 1. The minimum atomic E-state index is -0.307. The van der Waals surface area contributed by atoms with E-state index in [1.807, 2.05) is 44.4 Å². The van der Waals surface area contributed by atoms with Gasteiger partial charge in [0, 0.05) is 22.0 Å². The van der Waals surface area contributed by atoms with Crippen LogP contribution in [0.3, 0.4) is 0 Å². The molecule has 0 aliphatic heterocycles. The number of primary amides is 1. The highest BCUT2D eigenvalue weighted by molar-refractivity contribution is 7.22. The fraction of sp³-hybridized carbons (Fsp3) is 0.240. The highest BCUT2D eigenvalue weighted by atomic mass is 35.5. The number of nitrogens with two attached hydrogens (primary N) is 1. The van der Waals surface area contributed by atoms with Crippen molar-refractivity contribution in [1.29, 1.82) is 0 Å². The standard InChI is InChI=1S/C25H25ClN4O2S/c1-30(2,15-23(27)31)14-18-5-3-17(4-6-18)11-12-29-16-28-21-13-22(33-24(21)25(29)32)19-7-9-20(26)10-8-19/h3-10,13,16H,11-12,14-15H2,1-2H3,(H-,27,31)/p+1. The van der Waals surface area contributed by atoms with E-state index in [0.29, 0.717) is 32.8 Å². The molecule has 2 aromatic carbocycles. The van der Waals surface area contributed by atoms with Crippen molar-refractivity contribution in [3.8, 4) is 10.4 Å². The molecule has 0 saturated carbocycles. The quantitative estimate of drug-likeness (QED) is 0.385. The van der Waals surface area contributed by atoms with Crippen molar-refractivity contribution in [3.05, 3.63) is 87.4 Å². The third kappa shape index (κ3) is 5.68. The number of aryl methyl sites for hydroxylation is 2. The minimum absolute atomic E-state index is 0.0210. The van der Waals surface area contributed by atoms with Crippen LogP contribution >= 0.6 is 22.9 Å². The summed E-state index contributed by atoms with van der Waals surface area (Å²) >= 11 is 7.44. The molecule has 2 heterocycles. The first-order valence-electron chi connectivity index (χ1n) is 10.6. The van der Waals surface area contributed by atoms with Crippen LogP contribution in [0.1, 0.15) is 11.1 Å². The number of hydrogen-bond donors (Lipinski definition) is 1. The number of likely N-dealkylation sites (N-methyl/N-ethyl adjacent to an activating group) is 1. The Balaban J connectivity index is 1.46. The van der Waals surface area contributed by atoms with Crippen molar-refractivity contribution in [2.75, 3.05) is 20.6 Å². The third-order valence-electron chi connectivity index (χ3n) is 5.49. The number of rotatable bonds is 8. The van der Waals surface area contributed by atoms with Crippen LogP contribution in [0.5, 0.6) is 0 Å². The fourth-order valence-electron chi connectivity index (χ4n) is 3.89. The monoisotopic (exact) mass is 481 g/mol. The van der Waals surface area contributed by atoms with Crippen molar-refractivity contribution < 1.29 is 9.28 Å². The number of fused-ring (bicyclic) bond motifs is 1. The lowest BCUT2D eigenvalue weighted by Crippen LogP contribution is -2.45. The molecule has 0 aliphatic rings. The Morgan fingerprint density at radius 1 is 1.09 bits per heavy atom. The fourth-order valence-corrected chi connectivity index (χ4v) is 5.09. The number of hydrogen-bond acceptors (Lipinski definition) is 4. The third-order valence-corrected chi connectivity index (χ3v) is 6.90. The Bertz CT molecular complexity index is 1340. The Labute approximate surface area is 201 Å². The van der Waals surface area contributed by atoms with Gasteiger partial charge in [0.15, 0.2) is 6.54 Å². The SMILES string of the molecule is C[N+](C)(CC(N)=O)Cc1ccc(CCn2cnc3cc(-c4ccc(Cl)cc4)sc3c2=O)cc1. The summed E-state index contributed by atoms with van der Waals surface area (Å²) < 4.78 is 2.84. The number of halogens is 1. The molecule has 33 heavy (non-hydrogen) atoms. The molecule has 2 aromatic heterocycles. The Morgan fingerprint density at radius 2 is 1.76 bits per heavy atom. The van der Waals surface area contributed by atoms with Gasteiger partial charge >= 0.3 is 0 Å². The Kier molecular flexibility index (Phi) is 6.65. The summed E-state index contributed by atoms with van der Waals surface area (Å²) in [6.07, 6.45) is 2.35. The van der Waals surface area contributed by atoms with Gasteiger partial charge in [0.1, 0.15) is 11.2 Å². The molecule has 0 atom stereocenters. The molecule has 170 valence electrons. The van der Waals surface area contributed by atoms with E-state index in [1.54, 1.807) is 10.9 Å². The van der Waals surface area contributed by atoms with Gasteiger partial charge in [0.05, 0.1) is 25.9 Å². The van der Waals surface area contributed by atoms with Crippen molar-refractivity contribution in [2.45, 2.75) is 19.5 Å². The van der Waals surface area contributed by atoms with Crippen LogP contribution in [0.2, 0.25) is 5.02 Å². The van der Waals surface area contributed by atoms with E-state index < -0.39 is 0 Å². The van der Waals surface area contributed by atoms with E-state index >= 15 is 0 Å². The topological polar surface area (TPSA) is 78.0 Å². The van der Waals surface area contributed by atoms with Gasteiger partial charge in [-0.15, -0.1) is 11.3 Å². The second-order valence-corrected chi connectivity index (χ2v) is 10.3. The lowest BCUT2D eigenvalue weighted by atomic mass is 10.1. The van der Waals surface area contributed by atoms with E-state index in [9.17, 15) is 9.59 Å². The largest absolute Gasteiger partial charge is 0.365 e. The van der Waals surface area contributed by atoms with Crippen LogP contribution in [-0.4, -0.2) is 40.6 Å². The maximum absolute atomic E-state index is 13.0. The first-order valence-corrected chi connectivity index (χ1v) is 11.8. The van der Waals surface area contributed by atoms with Crippen LogP contribution in [-0.2, 0) is 24.3 Å².